The number of aromatic nitrogens is 2. The Morgan fingerprint density at radius 2 is 1.86 bits per heavy atom. The highest BCUT2D eigenvalue weighted by atomic mass is 35.5. The van der Waals surface area contributed by atoms with Crippen LogP contribution in [0.15, 0.2) is 35.3 Å². The summed E-state index contributed by atoms with van der Waals surface area (Å²) >= 11 is 12.0. The van der Waals surface area contributed by atoms with Gasteiger partial charge in [0.2, 0.25) is 15.8 Å². The van der Waals surface area contributed by atoms with Gasteiger partial charge in [0.05, 0.1) is 40.4 Å². The van der Waals surface area contributed by atoms with Crippen molar-refractivity contribution in [3.8, 4) is 5.75 Å². The normalized spacial score (nSPS) is 17.5. The fourth-order valence-corrected chi connectivity index (χ4v) is 6.43. The summed E-state index contributed by atoms with van der Waals surface area (Å²) in [4.78, 5) is 32.6. The van der Waals surface area contributed by atoms with Gasteiger partial charge in [-0.3, -0.25) is 18.3 Å². The standard InChI is InChI=1S/C24H24Cl2N4O6S/c25-17-4-2-15(12-18(17)26)3-5-20(31)21-22(32)24(33)29-14-16(28-7-9-36-10-8-28)13-19(23(29)27-21)30-6-1-11-37(30,34)35/h2,4,12-14,32H,1,3,5-11H2. The number of halogens is 2. The van der Waals surface area contributed by atoms with Gasteiger partial charge in [0.1, 0.15) is 0 Å². The Labute approximate surface area is 223 Å². The quantitative estimate of drug-likeness (QED) is 0.452. The van der Waals surface area contributed by atoms with Crippen molar-refractivity contribution in [3.05, 3.63) is 62.1 Å². The first-order valence-corrected chi connectivity index (χ1v) is 14.1. The number of pyridine rings is 1. The first-order chi connectivity index (χ1) is 17.7. The molecule has 0 spiro atoms. The molecule has 0 atom stereocenters. The van der Waals surface area contributed by atoms with E-state index in [2.05, 4.69) is 4.98 Å². The number of benzene rings is 1. The van der Waals surface area contributed by atoms with Gasteiger partial charge in [-0.05, 0) is 36.6 Å². The first-order valence-electron chi connectivity index (χ1n) is 11.8. The molecule has 0 amide bonds. The number of rotatable bonds is 6. The van der Waals surface area contributed by atoms with E-state index in [0.29, 0.717) is 48.5 Å². The highest BCUT2D eigenvalue weighted by Gasteiger charge is 2.32. The van der Waals surface area contributed by atoms with E-state index in [0.717, 1.165) is 9.96 Å². The number of nitrogens with zero attached hydrogens (tertiary/aromatic N) is 4. The van der Waals surface area contributed by atoms with Gasteiger partial charge in [0, 0.05) is 32.3 Å². The molecule has 5 rings (SSSR count). The minimum Gasteiger partial charge on any atom is -0.501 e. The number of anilines is 2. The first kappa shape index (κ1) is 25.8. The summed E-state index contributed by atoms with van der Waals surface area (Å²) in [6.07, 6.45) is 2.15. The monoisotopic (exact) mass is 566 g/mol. The summed E-state index contributed by atoms with van der Waals surface area (Å²) in [5.74, 6) is -1.37. The van der Waals surface area contributed by atoms with Crippen molar-refractivity contribution in [3.63, 3.8) is 0 Å². The van der Waals surface area contributed by atoms with Crippen LogP contribution in [0.4, 0.5) is 11.4 Å². The number of hydrogen-bond donors (Lipinski definition) is 1. The van der Waals surface area contributed by atoms with Crippen molar-refractivity contribution < 1.29 is 23.1 Å². The molecule has 13 heteroatoms. The molecule has 0 aliphatic carbocycles. The summed E-state index contributed by atoms with van der Waals surface area (Å²) in [5, 5.41) is 11.4. The van der Waals surface area contributed by atoms with E-state index in [1.807, 2.05) is 4.90 Å². The molecule has 1 N–H and O–H groups in total. The second kappa shape index (κ2) is 10.1. The fourth-order valence-electron chi connectivity index (χ4n) is 4.55. The molecule has 3 aromatic rings. The van der Waals surface area contributed by atoms with Crippen LogP contribution >= 0.6 is 23.2 Å². The zero-order chi connectivity index (χ0) is 26.3. The van der Waals surface area contributed by atoms with Crippen LogP contribution in [0, 0.1) is 0 Å². The van der Waals surface area contributed by atoms with Crippen LogP contribution in [0.1, 0.15) is 28.9 Å². The number of sulfonamides is 1. The molecule has 2 aromatic heterocycles. The maximum atomic E-state index is 13.3. The Morgan fingerprint density at radius 3 is 2.54 bits per heavy atom. The lowest BCUT2D eigenvalue weighted by atomic mass is 10.1. The van der Waals surface area contributed by atoms with Crippen molar-refractivity contribution in [2.24, 2.45) is 0 Å². The average molecular weight is 567 g/mol. The van der Waals surface area contributed by atoms with Crippen LogP contribution in [0.5, 0.6) is 5.75 Å². The van der Waals surface area contributed by atoms with E-state index in [1.54, 1.807) is 24.3 Å². The third kappa shape index (κ3) is 5.00. The molecule has 0 bridgehead atoms. The van der Waals surface area contributed by atoms with E-state index in [9.17, 15) is 23.1 Å². The zero-order valence-corrected chi connectivity index (χ0v) is 22.0. The predicted octanol–water partition coefficient (Wildman–Crippen LogP) is 2.90. The number of morpholine rings is 1. The van der Waals surface area contributed by atoms with Gasteiger partial charge in [-0.15, -0.1) is 0 Å². The highest BCUT2D eigenvalue weighted by Crippen LogP contribution is 2.32. The molecule has 196 valence electrons. The molecule has 0 radical (unpaired) electrons. The number of ketones is 1. The number of Topliss-reactive ketones (excluding diaryl/α,β-unsaturated/α-hetero) is 1. The zero-order valence-electron chi connectivity index (χ0n) is 19.7. The molecule has 0 unspecified atom stereocenters. The van der Waals surface area contributed by atoms with Crippen molar-refractivity contribution in [1.82, 2.24) is 9.38 Å². The smallest absolute Gasteiger partial charge is 0.300 e. The number of carbonyl (C=O) groups is 1. The second-order valence-electron chi connectivity index (χ2n) is 8.90. The Morgan fingerprint density at radius 1 is 1.11 bits per heavy atom. The number of aryl methyl sites for hydroxylation is 1. The maximum Gasteiger partial charge on any atom is 0.300 e. The van der Waals surface area contributed by atoms with E-state index >= 15 is 0 Å². The third-order valence-electron chi connectivity index (χ3n) is 6.50. The van der Waals surface area contributed by atoms with Gasteiger partial charge >= 0.3 is 5.56 Å². The van der Waals surface area contributed by atoms with Crippen LogP contribution in [0.25, 0.3) is 5.65 Å². The van der Waals surface area contributed by atoms with E-state index in [-0.39, 0.29) is 36.5 Å². The van der Waals surface area contributed by atoms with E-state index < -0.39 is 32.8 Å². The van der Waals surface area contributed by atoms with Crippen LogP contribution in [-0.2, 0) is 21.2 Å². The van der Waals surface area contributed by atoms with Crippen molar-refractivity contribution in [1.29, 1.82) is 0 Å². The maximum absolute atomic E-state index is 13.3. The fraction of sp³-hybridized carbons (Fsp3) is 0.375. The summed E-state index contributed by atoms with van der Waals surface area (Å²) in [7, 11) is -3.62. The van der Waals surface area contributed by atoms with Crippen LogP contribution < -0.4 is 14.8 Å². The molecule has 0 saturated carbocycles. The Balaban J connectivity index is 1.58. The van der Waals surface area contributed by atoms with Gasteiger partial charge in [-0.1, -0.05) is 29.3 Å². The minimum atomic E-state index is -3.62. The van der Waals surface area contributed by atoms with Gasteiger partial charge in [-0.2, -0.15) is 0 Å². The molecule has 2 aliphatic rings. The molecule has 4 heterocycles. The molecule has 2 fully saturated rings. The topological polar surface area (TPSA) is 122 Å². The summed E-state index contributed by atoms with van der Waals surface area (Å²) in [6, 6.07) is 6.66. The predicted molar refractivity (Wildman–Crippen MR) is 141 cm³/mol. The Hall–Kier alpha value is -2.86. The molecule has 37 heavy (non-hydrogen) atoms. The summed E-state index contributed by atoms with van der Waals surface area (Å²) in [5.41, 5.74) is 0.270. The molecule has 10 nitrogen and oxygen atoms in total. The second-order valence-corrected chi connectivity index (χ2v) is 11.7. The van der Waals surface area contributed by atoms with Gasteiger partial charge in [0.25, 0.3) is 0 Å². The number of carbonyl (C=O) groups excluding carboxylic acids is 1. The van der Waals surface area contributed by atoms with Gasteiger partial charge in [-0.25, -0.2) is 13.4 Å². The van der Waals surface area contributed by atoms with Crippen molar-refractivity contribution in [2.45, 2.75) is 19.3 Å². The van der Waals surface area contributed by atoms with Crippen LogP contribution in [0.3, 0.4) is 0 Å². The number of fused-ring (bicyclic) bond motifs is 1. The van der Waals surface area contributed by atoms with Crippen molar-refractivity contribution in [2.75, 3.05) is 47.8 Å². The van der Waals surface area contributed by atoms with Gasteiger partial charge < -0.3 is 14.7 Å². The molecule has 2 aliphatic heterocycles. The lowest BCUT2D eigenvalue weighted by Crippen LogP contribution is -2.37. The van der Waals surface area contributed by atoms with E-state index in [1.165, 1.54) is 10.5 Å². The molecule has 1 aromatic carbocycles. The minimum absolute atomic E-state index is 0.0110. The molecule has 2 saturated heterocycles. The Kier molecular flexibility index (Phi) is 7.06. The Bertz CT molecular complexity index is 1550. The van der Waals surface area contributed by atoms with Crippen LogP contribution in [0.2, 0.25) is 10.0 Å². The number of aromatic hydroxyl groups is 1. The van der Waals surface area contributed by atoms with E-state index in [4.69, 9.17) is 27.9 Å². The summed E-state index contributed by atoms with van der Waals surface area (Å²) in [6.45, 7) is 2.30. The van der Waals surface area contributed by atoms with Gasteiger partial charge in [0.15, 0.2) is 17.1 Å². The average Bonchev–Trinajstić information content (AvgIpc) is 3.25. The largest absolute Gasteiger partial charge is 0.501 e. The summed E-state index contributed by atoms with van der Waals surface area (Å²) < 4.78 is 33.4. The highest BCUT2D eigenvalue weighted by molar-refractivity contribution is 7.93. The number of ether oxygens (including phenoxy) is 1. The lowest BCUT2D eigenvalue weighted by molar-refractivity contribution is 0.0975. The lowest BCUT2D eigenvalue weighted by Gasteiger charge is -2.30. The third-order valence-corrected chi connectivity index (χ3v) is 9.09. The SMILES string of the molecule is O=C(CCc1ccc(Cl)c(Cl)c1)c1nc2c(N3CCCS3(=O)=O)cc(N3CCOCC3)cn2c(=O)c1O. The number of hydrogen-bond acceptors (Lipinski definition) is 8. The van der Waals surface area contributed by atoms with Crippen molar-refractivity contribution >= 4 is 56.0 Å². The molecular weight excluding hydrogens is 543 g/mol. The molecular formula is C24H24Cl2N4O6S. The van der Waals surface area contributed by atoms with Crippen LogP contribution in [-0.4, -0.2) is 67.3 Å².